The Hall–Kier alpha value is -1.52. The highest BCUT2D eigenvalue weighted by atomic mass is 16.6. The molecule has 1 aliphatic heterocycles. The summed E-state index contributed by atoms with van der Waals surface area (Å²) >= 11 is 0. The number of rotatable bonds is 1. The molecular formula is C14H20N2O3. The quantitative estimate of drug-likeness (QED) is 0.782. The third-order valence-corrected chi connectivity index (χ3v) is 3.33. The van der Waals surface area contributed by atoms with Gasteiger partial charge in [-0.2, -0.15) is 0 Å². The SMILES string of the molecule is CC(C)(C)OC(=O)N1CCc2nc(C3CC3)oc2C1. The van der Waals surface area contributed by atoms with E-state index < -0.39 is 5.60 Å². The summed E-state index contributed by atoms with van der Waals surface area (Å²) in [7, 11) is 0. The summed E-state index contributed by atoms with van der Waals surface area (Å²) in [5, 5.41) is 0. The number of ether oxygens (including phenoxy) is 1. The molecule has 1 fully saturated rings. The Morgan fingerprint density at radius 2 is 2.16 bits per heavy atom. The van der Waals surface area contributed by atoms with Crippen LogP contribution in [-0.2, 0) is 17.7 Å². The van der Waals surface area contributed by atoms with E-state index in [1.807, 2.05) is 20.8 Å². The molecule has 2 aliphatic rings. The molecular weight excluding hydrogens is 244 g/mol. The summed E-state index contributed by atoms with van der Waals surface area (Å²) in [6, 6.07) is 0. The second kappa shape index (κ2) is 4.25. The van der Waals surface area contributed by atoms with Crippen molar-refractivity contribution in [2.45, 2.75) is 58.1 Å². The molecule has 0 bridgehead atoms. The number of aromatic nitrogens is 1. The smallest absolute Gasteiger partial charge is 0.410 e. The normalized spacial score (nSPS) is 19.2. The summed E-state index contributed by atoms with van der Waals surface area (Å²) in [5.74, 6) is 2.20. The van der Waals surface area contributed by atoms with Gasteiger partial charge in [0.25, 0.3) is 0 Å². The Kier molecular flexibility index (Phi) is 2.80. The third kappa shape index (κ3) is 2.74. The van der Waals surface area contributed by atoms with Gasteiger partial charge in [-0.3, -0.25) is 0 Å². The van der Waals surface area contributed by atoms with Gasteiger partial charge in [0, 0.05) is 18.9 Å². The van der Waals surface area contributed by atoms with E-state index in [2.05, 4.69) is 4.98 Å². The Balaban J connectivity index is 1.69. The third-order valence-electron chi connectivity index (χ3n) is 3.33. The predicted molar refractivity (Wildman–Crippen MR) is 68.8 cm³/mol. The van der Waals surface area contributed by atoms with Gasteiger partial charge in [0.1, 0.15) is 11.4 Å². The van der Waals surface area contributed by atoms with Crippen LogP contribution in [0.15, 0.2) is 4.42 Å². The first kappa shape index (κ1) is 12.5. The number of carbonyl (C=O) groups excluding carboxylic acids is 1. The molecule has 0 atom stereocenters. The van der Waals surface area contributed by atoms with Crippen LogP contribution in [-0.4, -0.2) is 28.1 Å². The topological polar surface area (TPSA) is 55.6 Å². The molecule has 0 radical (unpaired) electrons. The molecule has 1 aliphatic carbocycles. The van der Waals surface area contributed by atoms with Gasteiger partial charge < -0.3 is 14.1 Å². The van der Waals surface area contributed by atoms with E-state index in [1.165, 1.54) is 12.8 Å². The highest BCUT2D eigenvalue weighted by Crippen LogP contribution is 2.40. The van der Waals surface area contributed by atoms with E-state index in [9.17, 15) is 4.79 Å². The van der Waals surface area contributed by atoms with Crippen molar-refractivity contribution in [1.82, 2.24) is 9.88 Å². The number of hydrogen-bond donors (Lipinski definition) is 0. The number of fused-ring (bicyclic) bond motifs is 1. The van der Waals surface area contributed by atoms with Gasteiger partial charge in [-0.05, 0) is 33.6 Å². The van der Waals surface area contributed by atoms with Crippen molar-refractivity contribution in [2.24, 2.45) is 0 Å². The van der Waals surface area contributed by atoms with Gasteiger partial charge in [0.05, 0.1) is 12.2 Å². The van der Waals surface area contributed by atoms with Crippen molar-refractivity contribution in [2.75, 3.05) is 6.54 Å². The van der Waals surface area contributed by atoms with Crippen molar-refractivity contribution < 1.29 is 13.9 Å². The number of nitrogens with zero attached hydrogens (tertiary/aromatic N) is 2. The maximum atomic E-state index is 12.0. The van der Waals surface area contributed by atoms with Crippen molar-refractivity contribution >= 4 is 6.09 Å². The minimum Gasteiger partial charge on any atom is -0.444 e. The molecule has 0 saturated heterocycles. The van der Waals surface area contributed by atoms with Crippen LogP contribution in [0.4, 0.5) is 4.79 Å². The average molecular weight is 264 g/mol. The molecule has 0 unspecified atom stereocenters. The second-order valence-electron chi connectivity index (χ2n) is 6.35. The average Bonchev–Trinajstić information content (AvgIpc) is 3.06. The molecule has 5 nitrogen and oxygen atoms in total. The fourth-order valence-electron chi connectivity index (χ4n) is 2.20. The molecule has 2 heterocycles. The molecule has 0 aromatic carbocycles. The molecule has 1 saturated carbocycles. The van der Waals surface area contributed by atoms with Gasteiger partial charge >= 0.3 is 6.09 Å². The zero-order chi connectivity index (χ0) is 13.6. The molecule has 3 rings (SSSR count). The number of hydrogen-bond acceptors (Lipinski definition) is 4. The van der Waals surface area contributed by atoms with Crippen molar-refractivity contribution in [1.29, 1.82) is 0 Å². The molecule has 0 spiro atoms. The maximum absolute atomic E-state index is 12.0. The van der Waals surface area contributed by atoms with Crippen LogP contribution in [0, 0.1) is 0 Å². The lowest BCUT2D eigenvalue weighted by molar-refractivity contribution is 0.0208. The zero-order valence-corrected chi connectivity index (χ0v) is 11.7. The summed E-state index contributed by atoms with van der Waals surface area (Å²) in [4.78, 5) is 18.2. The molecule has 0 N–H and O–H groups in total. The Bertz CT molecular complexity index is 497. The Labute approximate surface area is 112 Å². The molecule has 1 aromatic heterocycles. The fraction of sp³-hybridized carbons (Fsp3) is 0.714. The van der Waals surface area contributed by atoms with Crippen LogP contribution < -0.4 is 0 Å². The summed E-state index contributed by atoms with van der Waals surface area (Å²) in [6.45, 7) is 6.75. The first-order valence-corrected chi connectivity index (χ1v) is 6.89. The van der Waals surface area contributed by atoms with E-state index in [1.54, 1.807) is 4.90 Å². The predicted octanol–water partition coefficient (Wildman–Crippen LogP) is 2.85. The molecule has 19 heavy (non-hydrogen) atoms. The highest BCUT2D eigenvalue weighted by molar-refractivity contribution is 5.68. The number of carbonyl (C=O) groups is 1. The van der Waals surface area contributed by atoms with Crippen LogP contribution in [0.2, 0.25) is 0 Å². The monoisotopic (exact) mass is 264 g/mol. The second-order valence-corrected chi connectivity index (χ2v) is 6.35. The lowest BCUT2D eigenvalue weighted by Gasteiger charge is -2.28. The minimum atomic E-state index is -0.460. The largest absolute Gasteiger partial charge is 0.444 e. The van der Waals surface area contributed by atoms with E-state index in [4.69, 9.17) is 9.15 Å². The van der Waals surface area contributed by atoms with Crippen LogP contribution >= 0.6 is 0 Å². The lowest BCUT2D eigenvalue weighted by Crippen LogP contribution is -2.39. The van der Waals surface area contributed by atoms with Gasteiger partial charge in [-0.15, -0.1) is 0 Å². The molecule has 1 aromatic rings. The first-order chi connectivity index (χ1) is 8.92. The van der Waals surface area contributed by atoms with Gasteiger partial charge in [-0.1, -0.05) is 0 Å². The van der Waals surface area contributed by atoms with Gasteiger partial charge in [0.15, 0.2) is 5.89 Å². The highest BCUT2D eigenvalue weighted by Gasteiger charge is 2.33. The number of oxazole rings is 1. The van der Waals surface area contributed by atoms with Crippen molar-refractivity contribution in [3.05, 3.63) is 17.3 Å². The molecule has 104 valence electrons. The summed E-state index contributed by atoms with van der Waals surface area (Å²) < 4.78 is 11.2. The fourth-order valence-corrected chi connectivity index (χ4v) is 2.20. The van der Waals surface area contributed by atoms with E-state index in [0.717, 1.165) is 23.8 Å². The van der Waals surface area contributed by atoms with Crippen molar-refractivity contribution in [3.8, 4) is 0 Å². The Morgan fingerprint density at radius 1 is 1.42 bits per heavy atom. The minimum absolute atomic E-state index is 0.275. The standard InChI is InChI=1S/C14H20N2O3/c1-14(2,3)19-13(17)16-7-6-10-11(8-16)18-12(15-10)9-4-5-9/h9H,4-8H2,1-3H3. The Morgan fingerprint density at radius 3 is 2.79 bits per heavy atom. The zero-order valence-electron chi connectivity index (χ0n) is 11.7. The summed E-state index contributed by atoms with van der Waals surface area (Å²) in [5.41, 5.74) is 0.555. The van der Waals surface area contributed by atoms with Crippen LogP contribution in [0.1, 0.15) is 56.9 Å². The summed E-state index contributed by atoms with van der Waals surface area (Å²) in [6.07, 6.45) is 2.83. The first-order valence-electron chi connectivity index (χ1n) is 6.89. The molecule has 1 amide bonds. The lowest BCUT2D eigenvalue weighted by atomic mass is 10.1. The molecule has 5 heteroatoms. The number of amides is 1. The van der Waals surface area contributed by atoms with Gasteiger partial charge in [-0.25, -0.2) is 9.78 Å². The van der Waals surface area contributed by atoms with Crippen molar-refractivity contribution in [3.63, 3.8) is 0 Å². The van der Waals surface area contributed by atoms with Crippen LogP contribution in [0.25, 0.3) is 0 Å². The van der Waals surface area contributed by atoms with E-state index in [-0.39, 0.29) is 6.09 Å². The van der Waals surface area contributed by atoms with Crippen LogP contribution in [0.5, 0.6) is 0 Å². The van der Waals surface area contributed by atoms with Gasteiger partial charge in [0.2, 0.25) is 0 Å². The maximum Gasteiger partial charge on any atom is 0.410 e. The van der Waals surface area contributed by atoms with Crippen LogP contribution in [0.3, 0.4) is 0 Å². The van der Waals surface area contributed by atoms with E-state index in [0.29, 0.717) is 19.0 Å². The van der Waals surface area contributed by atoms with E-state index >= 15 is 0 Å².